The molecule has 1 aliphatic rings. The van der Waals surface area contributed by atoms with E-state index in [4.69, 9.17) is 18.0 Å². The molecule has 6 heteroatoms. The molecule has 1 aliphatic carbocycles. The maximum absolute atomic E-state index is 12.1. The Kier molecular flexibility index (Phi) is 4.78. The van der Waals surface area contributed by atoms with Crippen LogP contribution in [0, 0.1) is 5.92 Å². The van der Waals surface area contributed by atoms with Gasteiger partial charge in [-0.05, 0) is 24.3 Å². The number of hydrogen-bond donors (Lipinski definition) is 2. The van der Waals surface area contributed by atoms with Crippen LogP contribution in [0.5, 0.6) is 0 Å². The van der Waals surface area contributed by atoms with Gasteiger partial charge in [0.05, 0.1) is 5.75 Å². The first kappa shape index (κ1) is 15.4. The van der Waals surface area contributed by atoms with Gasteiger partial charge in [-0.1, -0.05) is 49.8 Å². The molecular formula is C14H20N2O2S2. The predicted octanol–water partition coefficient (Wildman–Crippen LogP) is 1.93. The van der Waals surface area contributed by atoms with Crippen LogP contribution >= 0.6 is 12.2 Å². The Morgan fingerprint density at radius 2 is 2.05 bits per heavy atom. The van der Waals surface area contributed by atoms with Gasteiger partial charge in [0.1, 0.15) is 4.99 Å². The van der Waals surface area contributed by atoms with E-state index in [1.165, 1.54) is 0 Å². The summed E-state index contributed by atoms with van der Waals surface area (Å²) in [5.41, 5.74) is 7.00. The van der Waals surface area contributed by atoms with E-state index in [9.17, 15) is 8.42 Å². The molecule has 3 N–H and O–H groups in total. The molecule has 0 radical (unpaired) electrons. The van der Waals surface area contributed by atoms with Gasteiger partial charge in [-0.3, -0.25) is 0 Å². The molecule has 20 heavy (non-hydrogen) atoms. The topological polar surface area (TPSA) is 72.2 Å². The van der Waals surface area contributed by atoms with Crippen LogP contribution < -0.4 is 10.5 Å². The molecule has 110 valence electrons. The molecule has 1 fully saturated rings. The first-order valence-corrected chi connectivity index (χ1v) is 8.86. The average Bonchev–Trinajstić information content (AvgIpc) is 3.06. The Morgan fingerprint density at radius 3 is 2.60 bits per heavy atom. The molecule has 0 bridgehead atoms. The number of nitrogens with two attached hydrogens (primary N) is 1. The van der Waals surface area contributed by atoms with Gasteiger partial charge in [0.2, 0.25) is 10.0 Å². The monoisotopic (exact) mass is 312 g/mol. The first-order valence-electron chi connectivity index (χ1n) is 6.80. The molecule has 0 spiro atoms. The van der Waals surface area contributed by atoms with Gasteiger partial charge >= 0.3 is 0 Å². The van der Waals surface area contributed by atoms with Crippen molar-refractivity contribution in [3.8, 4) is 0 Å². The zero-order valence-electron chi connectivity index (χ0n) is 11.5. The fraction of sp³-hybridized carbons (Fsp3) is 0.500. The predicted molar refractivity (Wildman–Crippen MR) is 84.9 cm³/mol. The van der Waals surface area contributed by atoms with Crippen molar-refractivity contribution >= 4 is 27.2 Å². The minimum Gasteiger partial charge on any atom is -0.389 e. The molecule has 0 aliphatic heterocycles. The summed E-state index contributed by atoms with van der Waals surface area (Å²) in [6.07, 6.45) is 3.16. The van der Waals surface area contributed by atoms with E-state index >= 15 is 0 Å². The third kappa shape index (κ3) is 4.26. The average molecular weight is 312 g/mol. The van der Waals surface area contributed by atoms with Crippen LogP contribution in [-0.4, -0.2) is 19.4 Å². The van der Waals surface area contributed by atoms with Gasteiger partial charge in [-0.2, -0.15) is 0 Å². The number of sulfonamides is 1. The van der Waals surface area contributed by atoms with Crippen molar-refractivity contribution in [2.45, 2.75) is 38.0 Å². The Bertz CT molecular complexity index is 582. The summed E-state index contributed by atoms with van der Waals surface area (Å²) in [7, 11) is -3.27. The van der Waals surface area contributed by atoms with E-state index in [2.05, 4.69) is 11.6 Å². The second-order valence-electron chi connectivity index (χ2n) is 5.33. The zero-order valence-corrected chi connectivity index (χ0v) is 13.1. The van der Waals surface area contributed by atoms with Crippen molar-refractivity contribution in [2.75, 3.05) is 0 Å². The smallest absolute Gasteiger partial charge is 0.216 e. The molecule has 0 heterocycles. The Morgan fingerprint density at radius 1 is 1.40 bits per heavy atom. The maximum Gasteiger partial charge on any atom is 0.216 e. The van der Waals surface area contributed by atoms with E-state index in [0.717, 1.165) is 30.4 Å². The van der Waals surface area contributed by atoms with Crippen LogP contribution in [0.3, 0.4) is 0 Å². The lowest BCUT2D eigenvalue weighted by atomic mass is 10.1. The van der Waals surface area contributed by atoms with Crippen molar-refractivity contribution < 1.29 is 8.42 Å². The second kappa shape index (κ2) is 6.20. The third-order valence-electron chi connectivity index (χ3n) is 3.51. The summed E-state index contributed by atoms with van der Waals surface area (Å²) in [5.74, 6) is 0.520. The van der Waals surface area contributed by atoms with E-state index in [1.54, 1.807) is 24.3 Å². The molecule has 2 unspecified atom stereocenters. The van der Waals surface area contributed by atoms with Gasteiger partial charge in [-0.25, -0.2) is 13.1 Å². The molecular weight excluding hydrogens is 292 g/mol. The summed E-state index contributed by atoms with van der Waals surface area (Å²) in [4.78, 5) is 0.318. The summed E-state index contributed by atoms with van der Waals surface area (Å²) in [6.45, 7) is 2.12. The van der Waals surface area contributed by atoms with Gasteiger partial charge < -0.3 is 5.73 Å². The summed E-state index contributed by atoms with van der Waals surface area (Å²) >= 11 is 4.87. The van der Waals surface area contributed by atoms with Gasteiger partial charge in [0.15, 0.2) is 0 Å². The SMILES string of the molecule is CCCC1CC1NS(=O)(=O)Cc1ccc(C(N)=S)cc1. The normalized spacial score (nSPS) is 21.6. The van der Waals surface area contributed by atoms with Gasteiger partial charge in [0.25, 0.3) is 0 Å². The summed E-state index contributed by atoms with van der Waals surface area (Å²) in [5, 5.41) is 0. The van der Waals surface area contributed by atoms with Crippen molar-refractivity contribution in [3.05, 3.63) is 35.4 Å². The zero-order chi connectivity index (χ0) is 14.8. The molecule has 4 nitrogen and oxygen atoms in total. The van der Waals surface area contributed by atoms with Crippen molar-refractivity contribution in [1.29, 1.82) is 0 Å². The van der Waals surface area contributed by atoms with Crippen molar-refractivity contribution in [3.63, 3.8) is 0 Å². The van der Waals surface area contributed by atoms with Crippen molar-refractivity contribution in [1.82, 2.24) is 4.72 Å². The highest BCUT2D eigenvalue weighted by molar-refractivity contribution is 7.88. The quantitative estimate of drug-likeness (QED) is 0.755. The number of rotatable bonds is 7. The Hall–Kier alpha value is -0.980. The molecule has 0 saturated heterocycles. The fourth-order valence-electron chi connectivity index (χ4n) is 2.34. The molecule has 1 aromatic rings. The maximum atomic E-state index is 12.1. The molecule has 1 saturated carbocycles. The van der Waals surface area contributed by atoms with E-state index < -0.39 is 10.0 Å². The van der Waals surface area contributed by atoms with Crippen LogP contribution in [-0.2, 0) is 15.8 Å². The van der Waals surface area contributed by atoms with Crippen LogP contribution in [0.1, 0.15) is 37.3 Å². The molecule has 0 aromatic heterocycles. The lowest BCUT2D eigenvalue weighted by Gasteiger charge is -2.07. The third-order valence-corrected chi connectivity index (χ3v) is 5.12. The lowest BCUT2D eigenvalue weighted by Crippen LogP contribution is -2.28. The van der Waals surface area contributed by atoms with Crippen LogP contribution in [0.2, 0.25) is 0 Å². The van der Waals surface area contributed by atoms with Crippen molar-refractivity contribution in [2.24, 2.45) is 11.7 Å². The highest BCUT2D eigenvalue weighted by Crippen LogP contribution is 2.35. The lowest BCUT2D eigenvalue weighted by molar-refractivity contribution is 0.572. The second-order valence-corrected chi connectivity index (χ2v) is 7.52. The summed E-state index contributed by atoms with van der Waals surface area (Å²) in [6, 6.07) is 7.15. The van der Waals surface area contributed by atoms with E-state index in [0.29, 0.717) is 10.9 Å². The molecule has 2 rings (SSSR count). The fourth-order valence-corrected chi connectivity index (χ4v) is 3.94. The molecule has 1 aromatic carbocycles. The van der Waals surface area contributed by atoms with Gasteiger partial charge in [-0.15, -0.1) is 0 Å². The van der Waals surface area contributed by atoms with Crippen LogP contribution in [0.25, 0.3) is 0 Å². The number of nitrogens with one attached hydrogen (secondary N) is 1. The Labute approximate surface area is 125 Å². The van der Waals surface area contributed by atoms with E-state index in [1.807, 2.05) is 0 Å². The largest absolute Gasteiger partial charge is 0.389 e. The molecule has 2 atom stereocenters. The minimum atomic E-state index is -3.27. The molecule has 0 amide bonds. The number of thiocarbonyl (C=S) groups is 1. The summed E-state index contributed by atoms with van der Waals surface area (Å²) < 4.78 is 26.9. The standard InChI is InChI=1S/C14H20N2O2S2/c1-2-3-12-8-13(12)16-20(17,18)9-10-4-6-11(7-5-10)14(15)19/h4-7,12-13,16H,2-3,8-9H2,1H3,(H2,15,19). The number of benzene rings is 1. The highest BCUT2D eigenvalue weighted by Gasteiger charge is 2.38. The highest BCUT2D eigenvalue weighted by atomic mass is 32.2. The first-order chi connectivity index (χ1) is 9.41. The van der Waals surface area contributed by atoms with Crippen LogP contribution in [0.15, 0.2) is 24.3 Å². The minimum absolute atomic E-state index is 0.0000413. The number of hydrogen-bond acceptors (Lipinski definition) is 3. The van der Waals surface area contributed by atoms with Gasteiger partial charge in [0, 0.05) is 11.6 Å². The Balaban J connectivity index is 1.93. The van der Waals surface area contributed by atoms with E-state index in [-0.39, 0.29) is 11.8 Å². The van der Waals surface area contributed by atoms with Crippen LogP contribution in [0.4, 0.5) is 0 Å².